The Labute approximate surface area is 354 Å². The van der Waals surface area contributed by atoms with Crippen molar-refractivity contribution in [3.8, 4) is 44.5 Å². The van der Waals surface area contributed by atoms with Crippen LogP contribution in [0.3, 0.4) is 0 Å². The van der Waals surface area contributed by atoms with E-state index in [1.165, 1.54) is 75.0 Å². The molecule has 0 N–H and O–H groups in total. The van der Waals surface area contributed by atoms with Crippen LogP contribution in [0.2, 0.25) is 0 Å². The first-order valence-electron chi connectivity index (χ1n) is 20.7. The molecule has 0 atom stereocenters. The molecule has 0 amide bonds. The van der Waals surface area contributed by atoms with Gasteiger partial charge in [0.05, 0.1) is 33.0 Å². The van der Waals surface area contributed by atoms with E-state index >= 15 is 0 Å². The van der Waals surface area contributed by atoms with Crippen LogP contribution < -0.4 is 0 Å². The molecule has 0 saturated carbocycles. The number of hydrogen-bond donors (Lipinski definition) is 0. The number of aromatic nitrogens is 4. The molecule has 4 heterocycles. The van der Waals surface area contributed by atoms with E-state index in [1.54, 1.807) is 0 Å². The first kappa shape index (κ1) is 34.0. The van der Waals surface area contributed by atoms with Gasteiger partial charge in [-0.15, -0.1) is 11.3 Å². The van der Waals surface area contributed by atoms with Crippen molar-refractivity contribution in [2.45, 2.75) is 0 Å². The molecule has 0 unspecified atom stereocenters. The molecule has 0 aliphatic rings. The van der Waals surface area contributed by atoms with Crippen LogP contribution in [0.15, 0.2) is 206 Å². The summed E-state index contributed by atoms with van der Waals surface area (Å²) in [5.74, 6) is 1.59. The predicted octanol–water partition coefficient (Wildman–Crippen LogP) is 15.2. The van der Waals surface area contributed by atoms with Gasteiger partial charge in [0.1, 0.15) is 0 Å². The van der Waals surface area contributed by atoms with Crippen molar-refractivity contribution in [3.63, 3.8) is 0 Å². The van der Waals surface area contributed by atoms with Crippen molar-refractivity contribution in [1.29, 1.82) is 0 Å². The van der Waals surface area contributed by atoms with Crippen molar-refractivity contribution in [2.75, 3.05) is 0 Å². The molecule has 5 heteroatoms. The van der Waals surface area contributed by atoms with Crippen LogP contribution in [0.1, 0.15) is 0 Å². The van der Waals surface area contributed by atoms with E-state index in [0.29, 0.717) is 5.82 Å². The molecule has 284 valence electrons. The molecular formula is C56H34N4S. The number of fused-ring (bicyclic) bond motifs is 11. The zero-order valence-electron chi connectivity index (χ0n) is 32.8. The lowest BCUT2D eigenvalue weighted by Gasteiger charge is -2.14. The number of hydrogen-bond acceptors (Lipinski definition) is 3. The third-order valence-electron chi connectivity index (χ3n) is 12.3. The van der Waals surface area contributed by atoms with Crippen LogP contribution in [-0.2, 0) is 0 Å². The molecule has 0 bridgehead atoms. The Balaban J connectivity index is 1.14. The molecule has 0 aliphatic heterocycles. The van der Waals surface area contributed by atoms with E-state index in [-0.39, 0.29) is 0 Å². The lowest BCUT2D eigenvalue weighted by atomic mass is 9.97. The van der Waals surface area contributed by atoms with Crippen LogP contribution >= 0.6 is 11.3 Å². The number of nitrogens with zero attached hydrogens (tertiary/aromatic N) is 4. The van der Waals surface area contributed by atoms with Gasteiger partial charge in [-0.1, -0.05) is 158 Å². The number of para-hydroxylation sites is 2. The summed E-state index contributed by atoms with van der Waals surface area (Å²) in [6.07, 6.45) is 0. The Hall–Kier alpha value is -7.86. The van der Waals surface area contributed by atoms with E-state index in [1.807, 2.05) is 17.4 Å². The molecule has 61 heavy (non-hydrogen) atoms. The van der Waals surface area contributed by atoms with Crippen molar-refractivity contribution >= 4 is 86.7 Å². The molecule has 0 spiro atoms. The topological polar surface area (TPSA) is 35.6 Å². The molecule has 13 rings (SSSR count). The highest BCUT2D eigenvalue weighted by atomic mass is 32.1. The summed E-state index contributed by atoms with van der Waals surface area (Å²) in [6.45, 7) is 0. The fourth-order valence-electron chi connectivity index (χ4n) is 9.60. The van der Waals surface area contributed by atoms with Gasteiger partial charge in [-0.3, -0.25) is 4.57 Å². The third kappa shape index (κ3) is 5.18. The van der Waals surface area contributed by atoms with E-state index in [2.05, 4.69) is 209 Å². The SMILES string of the molecule is c1ccc(-c2nc(-n3c4ccc(-c5cccc6c5c5ccccc5n6-c5ccccc5)cc4c4ccc5ccccc5c43)c3c(ccc4cc(-c5ccccc5)sc43)n2)cc1. The van der Waals surface area contributed by atoms with Crippen molar-refractivity contribution in [2.24, 2.45) is 0 Å². The maximum absolute atomic E-state index is 5.60. The summed E-state index contributed by atoms with van der Waals surface area (Å²) in [4.78, 5) is 12.1. The fourth-order valence-corrected chi connectivity index (χ4v) is 10.8. The number of thiophene rings is 1. The maximum atomic E-state index is 5.60. The monoisotopic (exact) mass is 794 g/mol. The minimum atomic E-state index is 0.704. The highest BCUT2D eigenvalue weighted by molar-refractivity contribution is 7.23. The minimum absolute atomic E-state index is 0.704. The Morgan fingerprint density at radius 3 is 1.92 bits per heavy atom. The normalized spacial score (nSPS) is 11.9. The fraction of sp³-hybridized carbons (Fsp3) is 0. The number of benzene rings is 9. The van der Waals surface area contributed by atoms with E-state index < -0.39 is 0 Å². The number of rotatable bonds is 5. The highest BCUT2D eigenvalue weighted by Gasteiger charge is 2.23. The lowest BCUT2D eigenvalue weighted by Crippen LogP contribution is -2.03. The van der Waals surface area contributed by atoms with Crippen LogP contribution in [0.25, 0.3) is 120 Å². The Bertz CT molecular complexity index is 3860. The van der Waals surface area contributed by atoms with E-state index in [4.69, 9.17) is 9.97 Å². The summed E-state index contributed by atoms with van der Waals surface area (Å²) in [7, 11) is 0. The Morgan fingerprint density at radius 1 is 0.393 bits per heavy atom. The van der Waals surface area contributed by atoms with Gasteiger partial charge < -0.3 is 4.57 Å². The first-order valence-corrected chi connectivity index (χ1v) is 21.5. The average Bonchev–Trinajstić information content (AvgIpc) is 4.02. The molecule has 13 aromatic rings. The summed E-state index contributed by atoms with van der Waals surface area (Å²) >= 11 is 1.81. The van der Waals surface area contributed by atoms with Gasteiger partial charge in [0.25, 0.3) is 0 Å². The molecule has 9 aromatic carbocycles. The van der Waals surface area contributed by atoms with Crippen molar-refractivity contribution in [3.05, 3.63) is 206 Å². The molecule has 0 aliphatic carbocycles. The van der Waals surface area contributed by atoms with Crippen molar-refractivity contribution in [1.82, 2.24) is 19.1 Å². The maximum Gasteiger partial charge on any atom is 0.162 e. The first-order chi connectivity index (χ1) is 30.3. The smallest absolute Gasteiger partial charge is 0.162 e. The second-order valence-electron chi connectivity index (χ2n) is 15.7. The standard InChI is InChI=1S/C56H34N4S/c1-4-16-36(17-5-1)50-34-39-28-31-46-52(54(39)61-50)56(58-55(57-46)37-18-6-2-7-19-37)60-48-32-29-38(33-45(48)43-30-27-35-15-10-11-22-42(35)53(43)60)41-24-14-26-49-51(41)44-23-12-13-25-47(44)59(49)40-20-8-3-9-21-40/h1-34H. The predicted molar refractivity (Wildman–Crippen MR) is 257 cm³/mol. The van der Waals surface area contributed by atoms with Crippen LogP contribution in [0, 0.1) is 0 Å². The van der Waals surface area contributed by atoms with Gasteiger partial charge in [0, 0.05) is 47.8 Å². The summed E-state index contributed by atoms with van der Waals surface area (Å²) in [5, 5.41) is 9.46. The average molecular weight is 795 g/mol. The Morgan fingerprint density at radius 2 is 1.08 bits per heavy atom. The van der Waals surface area contributed by atoms with Crippen LogP contribution in [-0.4, -0.2) is 19.1 Å². The second kappa shape index (κ2) is 13.3. The van der Waals surface area contributed by atoms with Gasteiger partial charge in [0.15, 0.2) is 11.6 Å². The Kier molecular flexibility index (Phi) is 7.44. The summed E-state index contributed by atoms with van der Waals surface area (Å²) < 4.78 is 6.00. The van der Waals surface area contributed by atoms with Gasteiger partial charge in [-0.25, -0.2) is 9.97 Å². The van der Waals surface area contributed by atoms with Gasteiger partial charge >= 0.3 is 0 Å². The van der Waals surface area contributed by atoms with Gasteiger partial charge in [-0.2, -0.15) is 0 Å². The van der Waals surface area contributed by atoms with Crippen LogP contribution in [0.5, 0.6) is 0 Å². The molecule has 4 aromatic heterocycles. The van der Waals surface area contributed by atoms with Gasteiger partial charge in [-0.05, 0) is 76.0 Å². The van der Waals surface area contributed by atoms with Gasteiger partial charge in [0.2, 0.25) is 0 Å². The summed E-state index contributed by atoms with van der Waals surface area (Å²) in [5.41, 5.74) is 11.3. The van der Waals surface area contributed by atoms with E-state index in [9.17, 15) is 0 Å². The largest absolute Gasteiger partial charge is 0.309 e. The molecule has 0 radical (unpaired) electrons. The third-order valence-corrected chi connectivity index (χ3v) is 13.5. The zero-order chi connectivity index (χ0) is 40.0. The lowest BCUT2D eigenvalue weighted by molar-refractivity contribution is 1.08. The van der Waals surface area contributed by atoms with Crippen LogP contribution in [0.4, 0.5) is 0 Å². The second-order valence-corrected chi connectivity index (χ2v) is 16.8. The minimum Gasteiger partial charge on any atom is -0.309 e. The van der Waals surface area contributed by atoms with Crippen molar-refractivity contribution < 1.29 is 0 Å². The highest BCUT2D eigenvalue weighted by Crippen LogP contribution is 2.45. The molecule has 0 fully saturated rings. The zero-order valence-corrected chi connectivity index (χ0v) is 33.6. The molecule has 0 saturated heterocycles. The quantitative estimate of drug-likeness (QED) is 0.174. The molecule has 4 nitrogen and oxygen atoms in total. The summed E-state index contributed by atoms with van der Waals surface area (Å²) in [6, 6.07) is 74.3. The van der Waals surface area contributed by atoms with E-state index in [0.717, 1.165) is 39.0 Å². The molecular weight excluding hydrogens is 761 g/mol.